The largest absolute Gasteiger partial charge is 0.488 e. The molecule has 0 aromatic heterocycles. The molecule has 0 bridgehead atoms. The van der Waals surface area contributed by atoms with E-state index in [4.69, 9.17) is 38.4 Å². The SMILES string of the molecule is Nc1cc(Cl)c(Cl)cc1OC1CCOC2(CCSC2)C1. The predicted octanol–water partition coefficient (Wildman–Crippen LogP) is 4.01. The van der Waals surface area contributed by atoms with Crippen LogP contribution in [-0.2, 0) is 4.74 Å². The first-order valence-electron chi connectivity index (χ1n) is 6.71. The predicted molar refractivity (Wildman–Crippen MR) is 85.1 cm³/mol. The molecule has 2 saturated heterocycles. The molecule has 2 unspecified atom stereocenters. The molecule has 6 heteroatoms. The van der Waals surface area contributed by atoms with Crippen LogP contribution < -0.4 is 10.5 Å². The summed E-state index contributed by atoms with van der Waals surface area (Å²) in [5, 5.41) is 0.918. The molecule has 0 aliphatic carbocycles. The smallest absolute Gasteiger partial charge is 0.144 e. The summed E-state index contributed by atoms with van der Waals surface area (Å²) in [6.07, 6.45) is 3.03. The Kier molecular flexibility index (Phi) is 4.27. The summed E-state index contributed by atoms with van der Waals surface area (Å²) in [5.74, 6) is 2.85. The lowest BCUT2D eigenvalue weighted by molar-refractivity contribution is -0.0957. The molecule has 20 heavy (non-hydrogen) atoms. The maximum Gasteiger partial charge on any atom is 0.144 e. The minimum Gasteiger partial charge on any atom is -0.488 e. The average molecular weight is 334 g/mol. The van der Waals surface area contributed by atoms with Crippen molar-refractivity contribution in [3.8, 4) is 5.75 Å². The highest BCUT2D eigenvalue weighted by molar-refractivity contribution is 7.99. The van der Waals surface area contributed by atoms with E-state index in [2.05, 4.69) is 0 Å². The van der Waals surface area contributed by atoms with Crippen LogP contribution in [0.3, 0.4) is 0 Å². The zero-order chi connectivity index (χ0) is 14.2. The van der Waals surface area contributed by atoms with Crippen LogP contribution in [0.5, 0.6) is 5.75 Å². The zero-order valence-corrected chi connectivity index (χ0v) is 13.4. The number of nitrogen functional groups attached to an aromatic ring is 1. The van der Waals surface area contributed by atoms with Crippen LogP contribution in [0.1, 0.15) is 19.3 Å². The van der Waals surface area contributed by atoms with Crippen molar-refractivity contribution in [2.45, 2.75) is 31.0 Å². The van der Waals surface area contributed by atoms with Crippen LogP contribution in [0, 0.1) is 0 Å². The first-order valence-corrected chi connectivity index (χ1v) is 8.62. The van der Waals surface area contributed by atoms with Crippen LogP contribution in [-0.4, -0.2) is 29.8 Å². The molecule has 110 valence electrons. The van der Waals surface area contributed by atoms with Crippen LogP contribution in [0.15, 0.2) is 12.1 Å². The van der Waals surface area contributed by atoms with Gasteiger partial charge in [0.2, 0.25) is 0 Å². The molecule has 2 atom stereocenters. The number of ether oxygens (including phenoxy) is 2. The quantitative estimate of drug-likeness (QED) is 0.830. The molecule has 2 aliphatic rings. The first-order chi connectivity index (χ1) is 9.58. The average Bonchev–Trinajstić information content (AvgIpc) is 2.84. The molecule has 3 rings (SSSR count). The van der Waals surface area contributed by atoms with Crippen molar-refractivity contribution >= 4 is 40.7 Å². The van der Waals surface area contributed by atoms with Gasteiger partial charge in [-0.05, 0) is 18.2 Å². The molecular formula is C14H17Cl2NO2S. The summed E-state index contributed by atoms with van der Waals surface area (Å²) in [6.45, 7) is 0.743. The second kappa shape index (κ2) is 5.84. The standard InChI is InChI=1S/C14H17Cl2NO2S/c15-10-5-12(17)13(6-11(10)16)19-9-1-3-18-14(7-9)2-4-20-8-14/h5-6,9H,1-4,7-8,17H2. The van der Waals surface area contributed by atoms with Gasteiger partial charge in [-0.3, -0.25) is 0 Å². The number of thioether (sulfide) groups is 1. The molecule has 0 radical (unpaired) electrons. The summed E-state index contributed by atoms with van der Waals surface area (Å²) in [4.78, 5) is 0. The van der Waals surface area contributed by atoms with Crippen molar-refractivity contribution in [3.05, 3.63) is 22.2 Å². The van der Waals surface area contributed by atoms with Gasteiger partial charge in [0.25, 0.3) is 0 Å². The molecule has 1 aromatic carbocycles. The van der Waals surface area contributed by atoms with E-state index < -0.39 is 0 Å². The Labute approximate surface area is 133 Å². The highest BCUT2D eigenvalue weighted by Crippen LogP contribution is 2.40. The van der Waals surface area contributed by atoms with Crippen molar-refractivity contribution in [1.82, 2.24) is 0 Å². The Morgan fingerprint density at radius 1 is 1.35 bits per heavy atom. The molecule has 1 spiro atoms. The van der Waals surface area contributed by atoms with Gasteiger partial charge in [-0.2, -0.15) is 11.8 Å². The Bertz CT molecular complexity index is 506. The number of hydrogen-bond acceptors (Lipinski definition) is 4. The number of halogens is 2. The molecule has 0 saturated carbocycles. The fourth-order valence-electron chi connectivity index (χ4n) is 2.77. The first kappa shape index (κ1) is 14.6. The van der Waals surface area contributed by atoms with Crippen molar-refractivity contribution in [1.29, 1.82) is 0 Å². The molecule has 0 amide bonds. The van der Waals surface area contributed by atoms with Gasteiger partial charge in [0.15, 0.2) is 0 Å². The lowest BCUT2D eigenvalue weighted by Crippen LogP contribution is -2.43. The summed E-state index contributed by atoms with van der Waals surface area (Å²) in [6, 6.07) is 3.34. The molecule has 3 nitrogen and oxygen atoms in total. The Hall–Kier alpha value is -0.290. The van der Waals surface area contributed by atoms with Crippen molar-refractivity contribution < 1.29 is 9.47 Å². The number of nitrogens with two attached hydrogens (primary N) is 1. The second-order valence-electron chi connectivity index (χ2n) is 5.37. The number of benzene rings is 1. The van der Waals surface area contributed by atoms with E-state index in [-0.39, 0.29) is 11.7 Å². The fraction of sp³-hybridized carbons (Fsp3) is 0.571. The third-order valence-electron chi connectivity index (χ3n) is 3.86. The van der Waals surface area contributed by atoms with Crippen molar-refractivity contribution in [3.63, 3.8) is 0 Å². The topological polar surface area (TPSA) is 44.5 Å². The monoisotopic (exact) mass is 333 g/mol. The van der Waals surface area contributed by atoms with Gasteiger partial charge in [0, 0.05) is 24.7 Å². The maximum atomic E-state index is 6.05. The highest BCUT2D eigenvalue weighted by Gasteiger charge is 2.41. The van der Waals surface area contributed by atoms with Gasteiger partial charge in [-0.25, -0.2) is 0 Å². The third-order valence-corrected chi connectivity index (χ3v) is 5.81. The van der Waals surface area contributed by atoms with Crippen LogP contribution in [0.25, 0.3) is 0 Å². The van der Waals surface area contributed by atoms with Crippen molar-refractivity contribution in [2.75, 3.05) is 23.8 Å². The Balaban J connectivity index is 1.73. The lowest BCUT2D eigenvalue weighted by atomic mass is 9.91. The van der Waals surface area contributed by atoms with E-state index >= 15 is 0 Å². The van der Waals surface area contributed by atoms with Gasteiger partial charge in [-0.15, -0.1) is 0 Å². The van der Waals surface area contributed by atoms with Gasteiger partial charge in [-0.1, -0.05) is 23.2 Å². The number of hydrogen-bond donors (Lipinski definition) is 1. The van der Waals surface area contributed by atoms with Gasteiger partial charge < -0.3 is 15.2 Å². The minimum atomic E-state index is -0.00142. The number of anilines is 1. The Morgan fingerprint density at radius 3 is 2.90 bits per heavy atom. The molecule has 2 N–H and O–H groups in total. The van der Waals surface area contributed by atoms with E-state index in [1.54, 1.807) is 12.1 Å². The fourth-order valence-corrected chi connectivity index (χ4v) is 4.48. The van der Waals surface area contributed by atoms with Gasteiger partial charge in [0.1, 0.15) is 11.9 Å². The Morgan fingerprint density at radius 2 is 2.15 bits per heavy atom. The molecule has 2 heterocycles. The summed E-state index contributed by atoms with van der Waals surface area (Å²) < 4.78 is 12.0. The summed E-state index contributed by atoms with van der Waals surface area (Å²) in [7, 11) is 0. The van der Waals surface area contributed by atoms with E-state index in [1.165, 1.54) is 5.75 Å². The van der Waals surface area contributed by atoms with E-state index in [0.29, 0.717) is 21.5 Å². The summed E-state index contributed by atoms with van der Waals surface area (Å²) >= 11 is 13.9. The third kappa shape index (κ3) is 2.98. The normalized spacial score (nSPS) is 29.8. The maximum absolute atomic E-state index is 6.05. The molecular weight excluding hydrogens is 317 g/mol. The van der Waals surface area contributed by atoms with E-state index in [9.17, 15) is 0 Å². The highest BCUT2D eigenvalue weighted by atomic mass is 35.5. The summed E-state index contributed by atoms with van der Waals surface area (Å²) in [5.41, 5.74) is 6.48. The molecule has 2 fully saturated rings. The van der Waals surface area contributed by atoms with E-state index in [1.807, 2.05) is 11.8 Å². The van der Waals surface area contributed by atoms with Gasteiger partial charge in [0.05, 0.1) is 27.9 Å². The van der Waals surface area contributed by atoms with Crippen LogP contribution >= 0.6 is 35.0 Å². The van der Waals surface area contributed by atoms with Gasteiger partial charge >= 0.3 is 0 Å². The van der Waals surface area contributed by atoms with Crippen LogP contribution in [0.4, 0.5) is 5.69 Å². The minimum absolute atomic E-state index is 0.00142. The zero-order valence-electron chi connectivity index (χ0n) is 11.0. The van der Waals surface area contributed by atoms with Crippen LogP contribution in [0.2, 0.25) is 10.0 Å². The second-order valence-corrected chi connectivity index (χ2v) is 7.29. The van der Waals surface area contributed by atoms with E-state index in [0.717, 1.165) is 31.6 Å². The van der Waals surface area contributed by atoms with Crippen molar-refractivity contribution in [2.24, 2.45) is 0 Å². The molecule has 2 aliphatic heterocycles. The lowest BCUT2D eigenvalue weighted by Gasteiger charge is -2.37. The molecule has 1 aromatic rings. The number of rotatable bonds is 2.